The van der Waals surface area contributed by atoms with E-state index in [-0.39, 0.29) is 0 Å². The first-order valence-electron chi connectivity index (χ1n) is 6.67. The summed E-state index contributed by atoms with van der Waals surface area (Å²) < 4.78 is 0. The highest BCUT2D eigenvalue weighted by Crippen LogP contribution is 2.26. The highest BCUT2D eigenvalue weighted by molar-refractivity contribution is 5.99. The Bertz CT molecular complexity index is 788. The van der Waals surface area contributed by atoms with E-state index in [2.05, 4.69) is 10.2 Å². The zero-order valence-corrected chi connectivity index (χ0v) is 11.6. The quantitative estimate of drug-likeness (QED) is 0.772. The SMILES string of the molecule is Cc1ccc(-c2cc(-c3ccccc3C(N)=O)[nH]n2)cc1. The number of benzene rings is 2. The molecule has 0 fully saturated rings. The maximum absolute atomic E-state index is 11.5. The van der Waals surface area contributed by atoms with Crippen molar-refractivity contribution in [3.05, 3.63) is 65.7 Å². The fourth-order valence-electron chi connectivity index (χ4n) is 2.26. The third-order valence-electron chi connectivity index (χ3n) is 3.41. The highest BCUT2D eigenvalue weighted by Gasteiger charge is 2.12. The molecule has 0 aliphatic carbocycles. The standard InChI is InChI=1S/C17H15N3O/c1-11-6-8-12(9-7-11)15-10-16(20-19-15)13-4-2-3-5-14(13)17(18)21/h2-10H,1H3,(H2,18,21)(H,19,20). The summed E-state index contributed by atoms with van der Waals surface area (Å²) in [5.74, 6) is -0.447. The molecule has 21 heavy (non-hydrogen) atoms. The van der Waals surface area contributed by atoms with Crippen LogP contribution < -0.4 is 5.73 Å². The minimum Gasteiger partial charge on any atom is -0.366 e. The number of nitrogens with one attached hydrogen (secondary N) is 1. The monoisotopic (exact) mass is 277 g/mol. The summed E-state index contributed by atoms with van der Waals surface area (Å²) in [6.45, 7) is 2.04. The summed E-state index contributed by atoms with van der Waals surface area (Å²) in [7, 11) is 0. The van der Waals surface area contributed by atoms with E-state index in [1.54, 1.807) is 12.1 Å². The van der Waals surface area contributed by atoms with E-state index in [9.17, 15) is 4.79 Å². The Morgan fingerprint density at radius 3 is 2.52 bits per heavy atom. The molecule has 0 bridgehead atoms. The molecule has 0 saturated heterocycles. The molecular formula is C17H15N3O. The minimum atomic E-state index is -0.447. The Kier molecular flexibility index (Phi) is 3.28. The number of H-pyrrole nitrogens is 1. The molecule has 0 aliphatic rings. The smallest absolute Gasteiger partial charge is 0.249 e. The van der Waals surface area contributed by atoms with Gasteiger partial charge in [0.2, 0.25) is 5.91 Å². The van der Waals surface area contributed by atoms with Crippen LogP contribution in [0.3, 0.4) is 0 Å². The van der Waals surface area contributed by atoms with Gasteiger partial charge in [-0.2, -0.15) is 5.10 Å². The highest BCUT2D eigenvalue weighted by atomic mass is 16.1. The van der Waals surface area contributed by atoms with Crippen molar-refractivity contribution in [1.29, 1.82) is 0 Å². The predicted octanol–water partition coefficient (Wildman–Crippen LogP) is 3.15. The van der Waals surface area contributed by atoms with Crippen LogP contribution in [0.25, 0.3) is 22.5 Å². The second-order valence-electron chi connectivity index (χ2n) is 4.94. The molecule has 4 nitrogen and oxygen atoms in total. The molecule has 1 amide bonds. The van der Waals surface area contributed by atoms with Crippen LogP contribution in [0.5, 0.6) is 0 Å². The molecule has 0 atom stereocenters. The fourth-order valence-corrected chi connectivity index (χ4v) is 2.26. The second-order valence-corrected chi connectivity index (χ2v) is 4.94. The Labute approximate surface area is 122 Å². The van der Waals surface area contributed by atoms with Gasteiger partial charge >= 0.3 is 0 Å². The lowest BCUT2D eigenvalue weighted by Gasteiger charge is -2.03. The van der Waals surface area contributed by atoms with Crippen LogP contribution in [0.4, 0.5) is 0 Å². The van der Waals surface area contributed by atoms with E-state index in [0.29, 0.717) is 5.56 Å². The minimum absolute atomic E-state index is 0.447. The summed E-state index contributed by atoms with van der Waals surface area (Å²) in [6, 6.07) is 17.3. The Balaban J connectivity index is 2.03. The number of aryl methyl sites for hydroxylation is 1. The molecule has 104 valence electrons. The van der Waals surface area contributed by atoms with Gasteiger partial charge in [0, 0.05) is 16.7 Å². The van der Waals surface area contributed by atoms with Crippen molar-refractivity contribution < 1.29 is 4.79 Å². The van der Waals surface area contributed by atoms with Crippen LogP contribution in [0, 0.1) is 6.92 Å². The van der Waals surface area contributed by atoms with Crippen molar-refractivity contribution in [2.75, 3.05) is 0 Å². The van der Waals surface area contributed by atoms with E-state index >= 15 is 0 Å². The Hall–Kier alpha value is -2.88. The van der Waals surface area contributed by atoms with E-state index in [1.165, 1.54) is 5.56 Å². The molecule has 0 radical (unpaired) electrons. The number of nitrogens with two attached hydrogens (primary N) is 1. The molecular weight excluding hydrogens is 262 g/mol. The summed E-state index contributed by atoms with van der Waals surface area (Å²) >= 11 is 0. The molecule has 2 aromatic carbocycles. The van der Waals surface area contributed by atoms with Gasteiger partial charge in [-0.3, -0.25) is 9.89 Å². The maximum Gasteiger partial charge on any atom is 0.249 e. The summed E-state index contributed by atoms with van der Waals surface area (Å²) in [4.78, 5) is 11.5. The van der Waals surface area contributed by atoms with Crippen LogP contribution in [-0.4, -0.2) is 16.1 Å². The molecule has 3 N–H and O–H groups in total. The van der Waals surface area contributed by atoms with Gasteiger partial charge in [-0.05, 0) is 19.1 Å². The fraction of sp³-hybridized carbons (Fsp3) is 0.0588. The lowest BCUT2D eigenvalue weighted by Crippen LogP contribution is -2.12. The van der Waals surface area contributed by atoms with Gasteiger partial charge < -0.3 is 5.73 Å². The van der Waals surface area contributed by atoms with Gasteiger partial charge in [-0.1, -0.05) is 48.0 Å². The van der Waals surface area contributed by atoms with Gasteiger partial charge in [0.05, 0.1) is 11.4 Å². The number of rotatable bonds is 3. The van der Waals surface area contributed by atoms with E-state index in [0.717, 1.165) is 22.5 Å². The molecule has 3 rings (SSSR count). The van der Waals surface area contributed by atoms with Crippen molar-refractivity contribution >= 4 is 5.91 Å². The molecule has 4 heteroatoms. The first-order chi connectivity index (χ1) is 10.1. The maximum atomic E-state index is 11.5. The number of hydrogen-bond acceptors (Lipinski definition) is 2. The molecule has 0 saturated carbocycles. The number of aromatic amines is 1. The zero-order chi connectivity index (χ0) is 14.8. The zero-order valence-electron chi connectivity index (χ0n) is 11.6. The van der Waals surface area contributed by atoms with Gasteiger partial charge in [0.1, 0.15) is 0 Å². The Morgan fingerprint density at radius 2 is 1.81 bits per heavy atom. The number of nitrogens with zero attached hydrogens (tertiary/aromatic N) is 1. The van der Waals surface area contributed by atoms with Crippen molar-refractivity contribution in [3.63, 3.8) is 0 Å². The largest absolute Gasteiger partial charge is 0.366 e. The predicted molar refractivity (Wildman–Crippen MR) is 82.7 cm³/mol. The second kappa shape index (κ2) is 5.25. The van der Waals surface area contributed by atoms with Gasteiger partial charge in [0.15, 0.2) is 0 Å². The number of amides is 1. The molecule has 3 aromatic rings. The van der Waals surface area contributed by atoms with Crippen molar-refractivity contribution in [3.8, 4) is 22.5 Å². The third kappa shape index (κ3) is 2.56. The average molecular weight is 277 g/mol. The molecule has 0 spiro atoms. The summed E-state index contributed by atoms with van der Waals surface area (Å²) in [6.07, 6.45) is 0. The third-order valence-corrected chi connectivity index (χ3v) is 3.41. The molecule has 0 unspecified atom stereocenters. The van der Waals surface area contributed by atoms with Crippen LogP contribution in [-0.2, 0) is 0 Å². The number of hydrogen-bond donors (Lipinski definition) is 2. The van der Waals surface area contributed by atoms with E-state index < -0.39 is 5.91 Å². The summed E-state index contributed by atoms with van der Waals surface area (Å²) in [5, 5.41) is 7.29. The van der Waals surface area contributed by atoms with Crippen LogP contribution >= 0.6 is 0 Å². The van der Waals surface area contributed by atoms with Crippen molar-refractivity contribution in [2.45, 2.75) is 6.92 Å². The molecule has 0 aliphatic heterocycles. The molecule has 1 heterocycles. The average Bonchev–Trinajstić information content (AvgIpc) is 2.97. The van der Waals surface area contributed by atoms with Gasteiger partial charge in [-0.25, -0.2) is 0 Å². The Morgan fingerprint density at radius 1 is 1.10 bits per heavy atom. The number of aromatic nitrogens is 2. The summed E-state index contributed by atoms with van der Waals surface area (Å²) in [5.41, 5.74) is 10.5. The lowest BCUT2D eigenvalue weighted by molar-refractivity contribution is 0.100. The van der Waals surface area contributed by atoms with Crippen LogP contribution in [0.2, 0.25) is 0 Å². The first kappa shape index (κ1) is 13.1. The van der Waals surface area contributed by atoms with E-state index in [4.69, 9.17) is 5.73 Å². The number of carbonyl (C=O) groups is 1. The topological polar surface area (TPSA) is 71.8 Å². The van der Waals surface area contributed by atoms with E-state index in [1.807, 2.05) is 49.4 Å². The van der Waals surface area contributed by atoms with Crippen LogP contribution in [0.15, 0.2) is 54.6 Å². The lowest BCUT2D eigenvalue weighted by atomic mass is 10.0. The van der Waals surface area contributed by atoms with Crippen LogP contribution in [0.1, 0.15) is 15.9 Å². The molecule has 1 aromatic heterocycles. The van der Waals surface area contributed by atoms with Gasteiger partial charge in [0.25, 0.3) is 0 Å². The first-order valence-corrected chi connectivity index (χ1v) is 6.67. The number of primary amides is 1. The van der Waals surface area contributed by atoms with Crippen molar-refractivity contribution in [2.24, 2.45) is 5.73 Å². The normalized spacial score (nSPS) is 10.5. The number of carbonyl (C=O) groups excluding carboxylic acids is 1. The van der Waals surface area contributed by atoms with Gasteiger partial charge in [-0.15, -0.1) is 0 Å². The van der Waals surface area contributed by atoms with Crippen molar-refractivity contribution in [1.82, 2.24) is 10.2 Å².